The van der Waals surface area contributed by atoms with Crippen LogP contribution in [0.25, 0.3) is 0 Å². The standard InChI is InChI=1S/C9H5BrClNO2/c1-14-9(13)6-2-5(4-12)8(11)3-7(6)10/h2-3H,1H3. The number of benzene rings is 1. The predicted molar refractivity (Wildman–Crippen MR) is 55.2 cm³/mol. The highest BCUT2D eigenvalue weighted by Crippen LogP contribution is 2.25. The van der Waals surface area contributed by atoms with Gasteiger partial charge in [0.2, 0.25) is 0 Å². The minimum Gasteiger partial charge on any atom is -0.465 e. The van der Waals surface area contributed by atoms with Crippen molar-refractivity contribution >= 4 is 33.5 Å². The summed E-state index contributed by atoms with van der Waals surface area (Å²) in [6, 6.07) is 4.76. The lowest BCUT2D eigenvalue weighted by Crippen LogP contribution is -2.02. The van der Waals surface area contributed by atoms with Crippen LogP contribution >= 0.6 is 27.5 Å². The molecule has 1 aromatic rings. The van der Waals surface area contributed by atoms with E-state index in [1.807, 2.05) is 6.07 Å². The minimum atomic E-state index is -0.509. The van der Waals surface area contributed by atoms with Crippen molar-refractivity contribution in [2.75, 3.05) is 7.11 Å². The SMILES string of the molecule is COC(=O)c1cc(C#N)c(Cl)cc1Br. The third-order valence-corrected chi connectivity index (χ3v) is 2.55. The van der Waals surface area contributed by atoms with E-state index in [2.05, 4.69) is 20.7 Å². The van der Waals surface area contributed by atoms with E-state index in [1.54, 1.807) is 0 Å². The zero-order chi connectivity index (χ0) is 10.7. The number of hydrogen-bond donors (Lipinski definition) is 0. The number of carbonyl (C=O) groups is 1. The first-order valence-corrected chi connectivity index (χ1v) is 4.74. The number of halogens is 2. The molecule has 0 atom stereocenters. The van der Waals surface area contributed by atoms with E-state index in [0.29, 0.717) is 9.50 Å². The average molecular weight is 275 g/mol. The Morgan fingerprint density at radius 2 is 2.29 bits per heavy atom. The van der Waals surface area contributed by atoms with Gasteiger partial charge in [0.05, 0.1) is 23.3 Å². The first kappa shape index (κ1) is 11.0. The highest BCUT2D eigenvalue weighted by atomic mass is 79.9. The van der Waals surface area contributed by atoms with Crippen molar-refractivity contribution in [3.63, 3.8) is 0 Å². The van der Waals surface area contributed by atoms with E-state index in [9.17, 15) is 4.79 Å². The maximum atomic E-state index is 11.2. The lowest BCUT2D eigenvalue weighted by atomic mass is 10.1. The monoisotopic (exact) mass is 273 g/mol. The molecule has 0 aromatic heterocycles. The zero-order valence-electron chi connectivity index (χ0n) is 7.17. The van der Waals surface area contributed by atoms with Crippen molar-refractivity contribution in [3.8, 4) is 6.07 Å². The molecule has 5 heteroatoms. The van der Waals surface area contributed by atoms with Crippen LogP contribution in [0.5, 0.6) is 0 Å². The van der Waals surface area contributed by atoms with Crippen LogP contribution in [-0.4, -0.2) is 13.1 Å². The molecule has 0 aliphatic heterocycles. The van der Waals surface area contributed by atoms with Crippen LogP contribution in [0.15, 0.2) is 16.6 Å². The summed E-state index contributed by atoms with van der Waals surface area (Å²) in [5.41, 5.74) is 0.531. The van der Waals surface area contributed by atoms with Gasteiger partial charge in [-0.05, 0) is 28.1 Å². The van der Waals surface area contributed by atoms with Crippen molar-refractivity contribution in [2.45, 2.75) is 0 Å². The van der Waals surface area contributed by atoms with Crippen molar-refractivity contribution in [1.82, 2.24) is 0 Å². The first-order chi connectivity index (χ1) is 6.60. The lowest BCUT2D eigenvalue weighted by molar-refractivity contribution is 0.0599. The number of nitrogens with zero attached hydrogens (tertiary/aromatic N) is 1. The van der Waals surface area contributed by atoms with Crippen LogP contribution in [0.4, 0.5) is 0 Å². The lowest BCUT2D eigenvalue weighted by Gasteiger charge is -2.03. The molecule has 0 spiro atoms. The summed E-state index contributed by atoms with van der Waals surface area (Å²) >= 11 is 8.90. The summed E-state index contributed by atoms with van der Waals surface area (Å²) < 4.78 is 5.04. The quantitative estimate of drug-likeness (QED) is 0.740. The molecular formula is C9H5BrClNO2. The molecule has 1 rings (SSSR count). The van der Waals surface area contributed by atoms with Crippen molar-refractivity contribution in [3.05, 3.63) is 32.8 Å². The number of nitriles is 1. The normalized spacial score (nSPS) is 9.29. The Labute approximate surface area is 94.4 Å². The molecule has 0 heterocycles. The second-order valence-electron chi connectivity index (χ2n) is 2.42. The van der Waals surface area contributed by atoms with Gasteiger partial charge in [-0.1, -0.05) is 11.6 Å². The van der Waals surface area contributed by atoms with E-state index >= 15 is 0 Å². The Kier molecular flexibility index (Phi) is 3.50. The van der Waals surface area contributed by atoms with Gasteiger partial charge in [-0.25, -0.2) is 4.79 Å². The molecule has 0 fully saturated rings. The third kappa shape index (κ3) is 2.06. The molecule has 14 heavy (non-hydrogen) atoms. The predicted octanol–water partition coefficient (Wildman–Crippen LogP) is 2.76. The van der Waals surface area contributed by atoms with Crippen LogP contribution in [-0.2, 0) is 4.74 Å². The Hall–Kier alpha value is -1.05. The molecule has 0 aliphatic carbocycles. The fraction of sp³-hybridized carbons (Fsp3) is 0.111. The van der Waals surface area contributed by atoms with Gasteiger partial charge in [-0.2, -0.15) is 5.26 Å². The van der Waals surface area contributed by atoms with Crippen LogP contribution < -0.4 is 0 Å². The van der Waals surface area contributed by atoms with E-state index in [-0.39, 0.29) is 11.1 Å². The molecule has 0 amide bonds. The first-order valence-electron chi connectivity index (χ1n) is 3.57. The Morgan fingerprint density at radius 1 is 1.64 bits per heavy atom. The highest BCUT2D eigenvalue weighted by Gasteiger charge is 2.13. The zero-order valence-corrected chi connectivity index (χ0v) is 9.52. The van der Waals surface area contributed by atoms with Crippen molar-refractivity contribution < 1.29 is 9.53 Å². The van der Waals surface area contributed by atoms with Gasteiger partial charge in [0.1, 0.15) is 6.07 Å². The van der Waals surface area contributed by atoms with Crippen LogP contribution in [0.2, 0.25) is 5.02 Å². The fourth-order valence-electron chi connectivity index (χ4n) is 0.901. The van der Waals surface area contributed by atoms with Gasteiger partial charge in [-0.3, -0.25) is 0 Å². The number of esters is 1. The molecule has 0 saturated carbocycles. The van der Waals surface area contributed by atoms with Gasteiger partial charge in [0.25, 0.3) is 0 Å². The van der Waals surface area contributed by atoms with Gasteiger partial charge in [0.15, 0.2) is 0 Å². The summed E-state index contributed by atoms with van der Waals surface area (Å²) in [6.45, 7) is 0. The van der Waals surface area contributed by atoms with Gasteiger partial charge in [-0.15, -0.1) is 0 Å². The van der Waals surface area contributed by atoms with Gasteiger partial charge >= 0.3 is 5.97 Å². The summed E-state index contributed by atoms with van der Waals surface area (Å²) in [5, 5.41) is 8.98. The molecule has 0 unspecified atom stereocenters. The second-order valence-corrected chi connectivity index (χ2v) is 3.68. The van der Waals surface area contributed by atoms with E-state index in [0.717, 1.165) is 0 Å². The fourth-order valence-corrected chi connectivity index (χ4v) is 1.74. The second kappa shape index (κ2) is 4.45. The van der Waals surface area contributed by atoms with Gasteiger partial charge < -0.3 is 4.74 Å². The molecule has 3 nitrogen and oxygen atoms in total. The van der Waals surface area contributed by atoms with E-state index in [1.165, 1.54) is 19.2 Å². The summed E-state index contributed by atoms with van der Waals surface area (Å²) in [6.07, 6.45) is 0. The number of rotatable bonds is 1. The maximum absolute atomic E-state index is 11.2. The van der Waals surface area contributed by atoms with E-state index < -0.39 is 5.97 Å². The summed E-state index contributed by atoms with van der Waals surface area (Å²) in [4.78, 5) is 11.2. The van der Waals surface area contributed by atoms with Crippen molar-refractivity contribution in [2.24, 2.45) is 0 Å². The number of hydrogen-bond acceptors (Lipinski definition) is 3. The largest absolute Gasteiger partial charge is 0.465 e. The molecule has 72 valence electrons. The number of ether oxygens (including phenoxy) is 1. The molecule has 0 N–H and O–H groups in total. The highest BCUT2D eigenvalue weighted by molar-refractivity contribution is 9.10. The summed E-state index contributed by atoms with van der Waals surface area (Å²) in [7, 11) is 1.27. The average Bonchev–Trinajstić information content (AvgIpc) is 2.17. The maximum Gasteiger partial charge on any atom is 0.339 e. The molecule has 0 aliphatic rings. The Balaban J connectivity index is 3.33. The Morgan fingerprint density at radius 3 is 2.79 bits per heavy atom. The van der Waals surface area contributed by atoms with Crippen molar-refractivity contribution in [1.29, 1.82) is 5.26 Å². The van der Waals surface area contributed by atoms with Crippen LogP contribution in [0.3, 0.4) is 0 Å². The minimum absolute atomic E-state index is 0.246. The van der Waals surface area contributed by atoms with Gasteiger partial charge in [0, 0.05) is 4.47 Å². The van der Waals surface area contributed by atoms with E-state index in [4.69, 9.17) is 16.9 Å². The van der Waals surface area contributed by atoms with Crippen LogP contribution in [0, 0.1) is 11.3 Å². The smallest absolute Gasteiger partial charge is 0.339 e. The topological polar surface area (TPSA) is 50.1 Å². The summed E-state index contributed by atoms with van der Waals surface area (Å²) in [5.74, 6) is -0.509. The Bertz CT molecular complexity index is 426. The molecule has 0 radical (unpaired) electrons. The number of carbonyl (C=O) groups excluding carboxylic acids is 1. The molecule has 0 saturated heterocycles. The third-order valence-electron chi connectivity index (χ3n) is 1.58. The van der Waals surface area contributed by atoms with Crippen LogP contribution in [0.1, 0.15) is 15.9 Å². The molecule has 0 bridgehead atoms. The number of methoxy groups -OCH3 is 1. The molecule has 1 aromatic carbocycles. The molecular weight excluding hydrogens is 269 g/mol.